The third-order valence-electron chi connectivity index (χ3n) is 7.83. The summed E-state index contributed by atoms with van der Waals surface area (Å²) >= 11 is 0. The summed E-state index contributed by atoms with van der Waals surface area (Å²) in [5.74, 6) is 2.25. The second kappa shape index (κ2) is 9.66. The van der Waals surface area contributed by atoms with Crippen molar-refractivity contribution in [3.8, 4) is 28.7 Å². The Labute approximate surface area is 227 Å². The highest BCUT2D eigenvalue weighted by atomic mass is 16.7. The third kappa shape index (κ3) is 3.71. The largest absolute Gasteiger partial charge is 0.504 e. The first kappa shape index (κ1) is 25.3. The predicted octanol–water partition coefficient (Wildman–Crippen LogP) is 4.01. The van der Waals surface area contributed by atoms with Crippen LogP contribution in [-0.2, 0) is 16.0 Å². The number of rotatable bonds is 8. The van der Waals surface area contributed by atoms with Gasteiger partial charge in [0.05, 0.1) is 38.4 Å². The van der Waals surface area contributed by atoms with Crippen LogP contribution in [0, 0.1) is 13.8 Å². The Hall–Kier alpha value is -3.95. The first-order chi connectivity index (χ1) is 18.9. The summed E-state index contributed by atoms with van der Waals surface area (Å²) in [6.45, 7) is 12.3. The Bertz CT molecular complexity index is 1430. The third-order valence-corrected chi connectivity index (χ3v) is 7.83. The SMILES string of the molecule is C=CCOC[C@H]1c2c(c(OCC=C)c(C)c3c2OCO3)C=C2[C@@H]3N[C@@H](Cc4cc(C)c(OC)c(O)c43)C(=O)N21. The van der Waals surface area contributed by atoms with E-state index in [0.717, 1.165) is 27.8 Å². The van der Waals surface area contributed by atoms with Gasteiger partial charge in [-0.05, 0) is 37.5 Å². The highest BCUT2D eigenvalue weighted by Crippen LogP contribution is 2.56. The smallest absolute Gasteiger partial charge is 0.244 e. The molecule has 2 aromatic rings. The summed E-state index contributed by atoms with van der Waals surface area (Å²) in [7, 11) is 1.54. The molecule has 3 atom stereocenters. The van der Waals surface area contributed by atoms with E-state index in [4.69, 9.17) is 23.7 Å². The van der Waals surface area contributed by atoms with Crippen LogP contribution in [-0.4, -0.2) is 55.7 Å². The van der Waals surface area contributed by atoms with Crippen LogP contribution in [0.5, 0.6) is 28.7 Å². The molecule has 1 saturated heterocycles. The van der Waals surface area contributed by atoms with E-state index in [1.54, 1.807) is 24.2 Å². The zero-order valence-corrected chi connectivity index (χ0v) is 22.3. The molecule has 4 aliphatic heterocycles. The molecule has 0 aliphatic carbocycles. The normalized spacial score (nSPS) is 21.9. The molecule has 39 heavy (non-hydrogen) atoms. The standard InChI is InChI=1S/C30H32N2O7/c1-6-8-36-13-21-23-18(27(37-9-7-2)16(4)28-29(23)39-14-38-28)12-20-24-22-17(10-15(3)26(35-5)25(22)33)11-19(31-24)30(34)32(20)21/h6-7,10,12,19,21,24,31,33H,1-2,8-9,11,13-14H2,3-5H3/t19-,21-,24-/m0/s1. The van der Waals surface area contributed by atoms with Gasteiger partial charge >= 0.3 is 0 Å². The van der Waals surface area contributed by atoms with Crippen molar-refractivity contribution in [1.29, 1.82) is 0 Å². The topological polar surface area (TPSA) is 98.7 Å². The molecule has 0 spiro atoms. The molecule has 0 unspecified atom stereocenters. The number of phenols is 1. The van der Waals surface area contributed by atoms with E-state index in [1.807, 2.05) is 26.0 Å². The minimum Gasteiger partial charge on any atom is -0.504 e. The minimum atomic E-state index is -0.516. The lowest BCUT2D eigenvalue weighted by atomic mass is 9.79. The Morgan fingerprint density at radius 2 is 1.92 bits per heavy atom. The number of benzene rings is 2. The van der Waals surface area contributed by atoms with Crippen LogP contribution >= 0.6 is 0 Å². The Morgan fingerprint density at radius 1 is 1.15 bits per heavy atom. The zero-order chi connectivity index (χ0) is 27.4. The average molecular weight is 533 g/mol. The van der Waals surface area contributed by atoms with Gasteiger partial charge in [0.15, 0.2) is 23.0 Å². The first-order valence-corrected chi connectivity index (χ1v) is 13.0. The van der Waals surface area contributed by atoms with E-state index in [2.05, 4.69) is 18.5 Å². The predicted molar refractivity (Wildman–Crippen MR) is 144 cm³/mol. The molecule has 2 N–H and O–H groups in total. The molecule has 0 radical (unpaired) electrons. The molecule has 9 nitrogen and oxygen atoms in total. The van der Waals surface area contributed by atoms with E-state index in [1.165, 1.54) is 0 Å². The molecule has 6 rings (SSSR count). The summed E-state index contributed by atoms with van der Waals surface area (Å²) in [6, 6.07) is 0.555. The number of fused-ring (bicyclic) bond motifs is 9. The minimum absolute atomic E-state index is 0.0734. The monoisotopic (exact) mass is 532 g/mol. The molecule has 4 aliphatic rings. The van der Waals surface area contributed by atoms with Gasteiger partial charge < -0.3 is 33.7 Å². The highest BCUT2D eigenvalue weighted by Gasteiger charge is 2.50. The average Bonchev–Trinajstić information content (AvgIpc) is 3.41. The Balaban J connectivity index is 1.61. The van der Waals surface area contributed by atoms with Crippen LogP contribution in [0.1, 0.15) is 45.5 Å². The number of aromatic hydroxyl groups is 1. The van der Waals surface area contributed by atoms with E-state index >= 15 is 0 Å². The fourth-order valence-electron chi connectivity index (χ4n) is 6.30. The van der Waals surface area contributed by atoms with Gasteiger partial charge in [0.1, 0.15) is 12.4 Å². The van der Waals surface area contributed by atoms with E-state index in [9.17, 15) is 9.90 Å². The first-order valence-electron chi connectivity index (χ1n) is 13.0. The molecular weight excluding hydrogens is 500 g/mol. The molecule has 0 saturated carbocycles. The summed E-state index contributed by atoms with van der Waals surface area (Å²) < 4.78 is 29.6. The van der Waals surface area contributed by atoms with Crippen LogP contribution in [0.15, 0.2) is 37.1 Å². The maximum absolute atomic E-state index is 14.1. The fourth-order valence-corrected chi connectivity index (χ4v) is 6.30. The van der Waals surface area contributed by atoms with Crippen LogP contribution in [0.2, 0.25) is 0 Å². The number of piperazine rings is 1. The van der Waals surface area contributed by atoms with Gasteiger partial charge in [-0.3, -0.25) is 10.1 Å². The molecule has 1 fully saturated rings. The van der Waals surface area contributed by atoms with Gasteiger partial charge in [-0.1, -0.05) is 24.8 Å². The number of hydrogen-bond acceptors (Lipinski definition) is 8. The molecule has 9 heteroatoms. The number of methoxy groups -OCH3 is 1. The quantitative estimate of drug-likeness (QED) is 0.389. The molecule has 4 heterocycles. The summed E-state index contributed by atoms with van der Waals surface area (Å²) in [6.07, 6.45) is 5.76. The molecule has 1 amide bonds. The van der Waals surface area contributed by atoms with Gasteiger partial charge in [0, 0.05) is 28.0 Å². The number of aryl methyl sites for hydroxylation is 1. The number of nitrogens with one attached hydrogen (secondary N) is 1. The summed E-state index contributed by atoms with van der Waals surface area (Å²) in [5, 5.41) is 14.8. The van der Waals surface area contributed by atoms with E-state index in [0.29, 0.717) is 53.9 Å². The summed E-state index contributed by atoms with van der Waals surface area (Å²) in [4.78, 5) is 15.9. The lowest BCUT2D eigenvalue weighted by Gasteiger charge is -2.49. The van der Waals surface area contributed by atoms with Crippen molar-refractivity contribution >= 4 is 12.0 Å². The Kier molecular flexibility index (Phi) is 6.28. The maximum atomic E-state index is 14.1. The lowest BCUT2D eigenvalue weighted by molar-refractivity contribution is -0.138. The second-order valence-corrected chi connectivity index (χ2v) is 10.1. The van der Waals surface area contributed by atoms with E-state index in [-0.39, 0.29) is 25.1 Å². The van der Waals surface area contributed by atoms with Crippen molar-refractivity contribution in [2.24, 2.45) is 0 Å². The summed E-state index contributed by atoms with van der Waals surface area (Å²) in [5.41, 5.74) is 5.51. The maximum Gasteiger partial charge on any atom is 0.244 e. The van der Waals surface area contributed by atoms with Gasteiger partial charge in [-0.2, -0.15) is 0 Å². The van der Waals surface area contributed by atoms with Crippen molar-refractivity contribution < 1.29 is 33.6 Å². The fraction of sp³-hybridized carbons (Fsp3) is 0.367. The van der Waals surface area contributed by atoms with Gasteiger partial charge in [0.25, 0.3) is 0 Å². The molecule has 2 bridgehead atoms. The lowest BCUT2D eigenvalue weighted by Crippen LogP contribution is -2.60. The van der Waals surface area contributed by atoms with Crippen molar-refractivity contribution in [2.75, 3.05) is 33.7 Å². The van der Waals surface area contributed by atoms with Gasteiger partial charge in [-0.25, -0.2) is 0 Å². The van der Waals surface area contributed by atoms with Crippen molar-refractivity contribution in [3.63, 3.8) is 0 Å². The van der Waals surface area contributed by atoms with Crippen LogP contribution < -0.4 is 24.3 Å². The molecular formula is C30H32N2O7. The molecule has 0 aromatic heterocycles. The number of amides is 1. The number of ether oxygens (including phenoxy) is 5. The number of phenolic OH excluding ortho intramolecular Hbond substituents is 1. The van der Waals surface area contributed by atoms with E-state index < -0.39 is 18.1 Å². The Morgan fingerprint density at radius 3 is 2.67 bits per heavy atom. The molecule has 204 valence electrons. The van der Waals surface area contributed by atoms with Crippen molar-refractivity contribution in [1.82, 2.24) is 10.2 Å². The van der Waals surface area contributed by atoms with Crippen LogP contribution in [0.25, 0.3) is 6.08 Å². The van der Waals surface area contributed by atoms with Gasteiger partial charge in [-0.15, -0.1) is 6.58 Å². The number of hydrogen-bond donors (Lipinski definition) is 2. The van der Waals surface area contributed by atoms with Crippen molar-refractivity contribution in [3.05, 3.63) is 70.5 Å². The number of carbonyl (C=O) groups is 1. The zero-order valence-electron chi connectivity index (χ0n) is 22.3. The highest BCUT2D eigenvalue weighted by molar-refractivity contribution is 5.91. The second-order valence-electron chi connectivity index (χ2n) is 10.1. The van der Waals surface area contributed by atoms with Gasteiger partial charge in [0.2, 0.25) is 12.7 Å². The number of nitrogens with zero attached hydrogens (tertiary/aromatic N) is 1. The van der Waals surface area contributed by atoms with Crippen LogP contribution in [0.3, 0.4) is 0 Å². The molecule has 2 aromatic carbocycles. The number of carbonyl (C=O) groups excluding carboxylic acids is 1. The van der Waals surface area contributed by atoms with Crippen molar-refractivity contribution in [2.45, 2.75) is 38.4 Å². The van der Waals surface area contributed by atoms with Crippen LogP contribution in [0.4, 0.5) is 0 Å².